The first-order valence-electron chi connectivity index (χ1n) is 7.98. The number of thiazole rings is 1. The normalized spacial score (nSPS) is 13.6. The quantitative estimate of drug-likeness (QED) is 0.651. The molecule has 1 heterocycles. The van der Waals surface area contributed by atoms with Crippen molar-refractivity contribution in [2.75, 3.05) is 6.54 Å². The number of hydrogen-bond acceptors (Lipinski definition) is 4. The van der Waals surface area contributed by atoms with Crippen LogP contribution in [-0.2, 0) is 4.79 Å². The molecule has 3 nitrogen and oxygen atoms in total. The van der Waals surface area contributed by atoms with E-state index in [4.69, 9.17) is 0 Å². The van der Waals surface area contributed by atoms with Gasteiger partial charge in [-0.15, -0.1) is 11.3 Å². The van der Waals surface area contributed by atoms with Gasteiger partial charge >= 0.3 is 0 Å². The van der Waals surface area contributed by atoms with Gasteiger partial charge in [0.15, 0.2) is 4.34 Å². The third-order valence-electron chi connectivity index (χ3n) is 3.87. The van der Waals surface area contributed by atoms with E-state index in [9.17, 15) is 4.79 Å². The van der Waals surface area contributed by atoms with Crippen LogP contribution in [0.4, 0.5) is 0 Å². The Labute approximate surface area is 150 Å². The molecule has 24 heavy (non-hydrogen) atoms. The second-order valence-electron chi connectivity index (χ2n) is 5.76. The van der Waals surface area contributed by atoms with Gasteiger partial charge in [0.2, 0.25) is 5.91 Å². The van der Waals surface area contributed by atoms with Crippen LogP contribution in [0.2, 0.25) is 0 Å². The summed E-state index contributed by atoms with van der Waals surface area (Å²) in [7, 11) is 0. The van der Waals surface area contributed by atoms with Gasteiger partial charge in [0, 0.05) is 6.54 Å². The highest BCUT2D eigenvalue weighted by molar-refractivity contribution is 8.02. The van der Waals surface area contributed by atoms with Crippen molar-refractivity contribution in [3.63, 3.8) is 0 Å². The predicted molar refractivity (Wildman–Crippen MR) is 103 cm³/mol. The first kappa shape index (κ1) is 17.0. The minimum atomic E-state index is -0.159. The zero-order valence-corrected chi connectivity index (χ0v) is 15.4. The number of hydrogen-bond donors (Lipinski definition) is 1. The molecule has 3 rings (SSSR count). The molecule has 0 radical (unpaired) electrons. The monoisotopic (exact) mass is 356 g/mol. The highest BCUT2D eigenvalue weighted by Gasteiger charge is 2.17. The van der Waals surface area contributed by atoms with Gasteiger partial charge in [0.25, 0.3) is 0 Å². The number of fused-ring (bicyclic) bond motifs is 1. The molecule has 1 amide bonds. The minimum Gasteiger partial charge on any atom is -0.355 e. The van der Waals surface area contributed by atoms with Gasteiger partial charge < -0.3 is 5.32 Å². The van der Waals surface area contributed by atoms with Gasteiger partial charge in [-0.25, -0.2) is 4.98 Å². The van der Waals surface area contributed by atoms with Gasteiger partial charge in [-0.3, -0.25) is 4.79 Å². The van der Waals surface area contributed by atoms with E-state index in [1.807, 2.05) is 43.3 Å². The molecule has 2 atom stereocenters. The Bertz CT molecular complexity index is 783. The average molecular weight is 357 g/mol. The van der Waals surface area contributed by atoms with Crippen LogP contribution >= 0.6 is 23.1 Å². The van der Waals surface area contributed by atoms with Crippen molar-refractivity contribution in [2.24, 2.45) is 0 Å². The third-order valence-corrected chi connectivity index (χ3v) is 6.10. The number of amides is 1. The summed E-state index contributed by atoms with van der Waals surface area (Å²) < 4.78 is 2.10. The van der Waals surface area contributed by atoms with Crippen LogP contribution in [0.15, 0.2) is 58.9 Å². The van der Waals surface area contributed by atoms with Gasteiger partial charge in [-0.1, -0.05) is 61.2 Å². The van der Waals surface area contributed by atoms with E-state index in [2.05, 4.69) is 35.4 Å². The number of carbonyl (C=O) groups is 1. The van der Waals surface area contributed by atoms with Crippen LogP contribution < -0.4 is 5.32 Å². The highest BCUT2D eigenvalue weighted by Crippen LogP contribution is 2.31. The SMILES string of the molecule is CC(Sc1nc2ccccc2s1)C(=O)NCC(C)c1ccccc1. The lowest BCUT2D eigenvalue weighted by Crippen LogP contribution is -2.33. The molecule has 3 aromatic rings. The fourth-order valence-corrected chi connectivity index (χ4v) is 4.64. The Morgan fingerprint density at radius 2 is 1.83 bits per heavy atom. The molecule has 5 heteroatoms. The lowest BCUT2D eigenvalue weighted by Gasteiger charge is -2.15. The summed E-state index contributed by atoms with van der Waals surface area (Å²) in [5.74, 6) is 0.358. The first-order valence-corrected chi connectivity index (χ1v) is 9.68. The fourth-order valence-electron chi connectivity index (χ4n) is 2.40. The maximum Gasteiger partial charge on any atom is 0.233 e. The molecule has 0 saturated carbocycles. The molecule has 0 fully saturated rings. The number of nitrogens with one attached hydrogen (secondary N) is 1. The smallest absolute Gasteiger partial charge is 0.233 e. The molecule has 0 spiro atoms. The summed E-state index contributed by atoms with van der Waals surface area (Å²) >= 11 is 3.16. The molecule has 0 aliphatic carbocycles. The van der Waals surface area contributed by atoms with Crippen LogP contribution in [0.5, 0.6) is 0 Å². The molecule has 1 N–H and O–H groups in total. The van der Waals surface area contributed by atoms with Crippen molar-refractivity contribution in [1.82, 2.24) is 10.3 Å². The molecule has 2 aromatic carbocycles. The third kappa shape index (κ3) is 4.16. The number of nitrogens with zero attached hydrogens (tertiary/aromatic N) is 1. The highest BCUT2D eigenvalue weighted by atomic mass is 32.2. The van der Waals surface area contributed by atoms with E-state index in [1.165, 1.54) is 17.3 Å². The van der Waals surface area contributed by atoms with Gasteiger partial charge in [-0.2, -0.15) is 0 Å². The lowest BCUT2D eigenvalue weighted by atomic mass is 10.0. The number of aromatic nitrogens is 1. The summed E-state index contributed by atoms with van der Waals surface area (Å²) in [5, 5.41) is 2.89. The zero-order valence-electron chi connectivity index (χ0n) is 13.7. The predicted octanol–water partition coefficient (Wildman–Crippen LogP) is 4.70. The topological polar surface area (TPSA) is 42.0 Å². The van der Waals surface area contributed by atoms with Crippen molar-refractivity contribution in [3.8, 4) is 0 Å². The van der Waals surface area contributed by atoms with Crippen LogP contribution in [-0.4, -0.2) is 22.7 Å². The van der Waals surface area contributed by atoms with Crippen LogP contribution in [0.1, 0.15) is 25.3 Å². The Morgan fingerprint density at radius 1 is 1.12 bits per heavy atom. The molecule has 0 saturated heterocycles. The van der Waals surface area contributed by atoms with Crippen molar-refractivity contribution >= 4 is 39.2 Å². The Balaban J connectivity index is 1.54. The molecular weight excluding hydrogens is 336 g/mol. The zero-order chi connectivity index (χ0) is 16.9. The molecule has 0 bridgehead atoms. The van der Waals surface area contributed by atoms with E-state index in [1.54, 1.807) is 11.3 Å². The number of rotatable bonds is 6. The summed E-state index contributed by atoms with van der Waals surface area (Å²) in [5.41, 5.74) is 2.24. The van der Waals surface area contributed by atoms with Gasteiger partial charge in [0.1, 0.15) is 0 Å². The minimum absolute atomic E-state index is 0.0574. The Kier molecular flexibility index (Phi) is 5.53. The first-order chi connectivity index (χ1) is 11.6. The van der Waals surface area contributed by atoms with E-state index >= 15 is 0 Å². The maximum atomic E-state index is 12.3. The average Bonchev–Trinajstić information content (AvgIpc) is 3.02. The fraction of sp³-hybridized carbons (Fsp3) is 0.263. The molecule has 2 unspecified atom stereocenters. The van der Waals surface area contributed by atoms with E-state index in [0.717, 1.165) is 14.6 Å². The Morgan fingerprint density at radius 3 is 2.58 bits per heavy atom. The van der Waals surface area contributed by atoms with Crippen molar-refractivity contribution in [2.45, 2.75) is 29.4 Å². The molecule has 124 valence electrons. The van der Waals surface area contributed by atoms with Crippen LogP contribution in [0, 0.1) is 0 Å². The Hall–Kier alpha value is -1.85. The molecule has 0 aliphatic heterocycles. The molecule has 1 aromatic heterocycles. The van der Waals surface area contributed by atoms with Crippen molar-refractivity contribution in [1.29, 1.82) is 0 Å². The van der Waals surface area contributed by atoms with E-state index in [-0.39, 0.29) is 11.2 Å². The lowest BCUT2D eigenvalue weighted by molar-refractivity contribution is -0.120. The maximum absolute atomic E-state index is 12.3. The van der Waals surface area contributed by atoms with E-state index < -0.39 is 0 Å². The van der Waals surface area contributed by atoms with Crippen molar-refractivity contribution < 1.29 is 4.79 Å². The van der Waals surface area contributed by atoms with Crippen molar-refractivity contribution in [3.05, 3.63) is 60.2 Å². The standard InChI is InChI=1S/C19H20N2OS2/c1-13(15-8-4-3-5-9-15)12-20-18(22)14(2)23-19-21-16-10-6-7-11-17(16)24-19/h3-11,13-14H,12H2,1-2H3,(H,20,22). The number of carbonyl (C=O) groups excluding carboxylic acids is 1. The van der Waals surface area contributed by atoms with Crippen LogP contribution in [0.25, 0.3) is 10.2 Å². The van der Waals surface area contributed by atoms with Crippen LogP contribution in [0.3, 0.4) is 0 Å². The number of benzene rings is 2. The van der Waals surface area contributed by atoms with E-state index in [0.29, 0.717) is 12.5 Å². The summed E-state index contributed by atoms with van der Waals surface area (Å²) in [6.07, 6.45) is 0. The summed E-state index contributed by atoms with van der Waals surface area (Å²) in [4.78, 5) is 16.9. The molecule has 0 aliphatic rings. The number of para-hydroxylation sites is 1. The summed E-state index contributed by atoms with van der Waals surface area (Å²) in [6.45, 7) is 4.70. The van der Waals surface area contributed by atoms with Gasteiger partial charge in [-0.05, 0) is 30.5 Å². The largest absolute Gasteiger partial charge is 0.355 e. The second kappa shape index (κ2) is 7.81. The molecular formula is C19H20N2OS2. The van der Waals surface area contributed by atoms with Gasteiger partial charge in [0.05, 0.1) is 15.5 Å². The second-order valence-corrected chi connectivity index (χ2v) is 8.38. The summed E-state index contributed by atoms with van der Waals surface area (Å²) in [6, 6.07) is 18.3. The number of thioether (sulfide) groups is 1.